The first-order chi connectivity index (χ1) is 13.3. The van der Waals surface area contributed by atoms with E-state index in [-0.39, 0.29) is 11.9 Å². The van der Waals surface area contributed by atoms with E-state index in [4.69, 9.17) is 9.47 Å². The number of benzene rings is 1. The van der Waals surface area contributed by atoms with E-state index in [1.54, 1.807) is 11.3 Å². The third-order valence-electron chi connectivity index (χ3n) is 4.70. The van der Waals surface area contributed by atoms with Crippen molar-refractivity contribution in [3.05, 3.63) is 52.2 Å². The summed E-state index contributed by atoms with van der Waals surface area (Å²) in [6.07, 6.45) is 2.05. The summed E-state index contributed by atoms with van der Waals surface area (Å²) in [6, 6.07) is 11.8. The maximum Gasteiger partial charge on any atom is 0.255 e. The molecular formula is C21H28N2O3S. The lowest BCUT2D eigenvalue weighted by Gasteiger charge is -2.34. The van der Waals surface area contributed by atoms with Crippen molar-refractivity contribution < 1.29 is 14.3 Å². The third-order valence-corrected chi connectivity index (χ3v) is 5.67. The summed E-state index contributed by atoms with van der Waals surface area (Å²) >= 11 is 1.73. The fourth-order valence-corrected chi connectivity index (χ4v) is 4.03. The van der Waals surface area contributed by atoms with Crippen LogP contribution in [0.2, 0.25) is 0 Å². The van der Waals surface area contributed by atoms with E-state index in [1.807, 2.05) is 24.3 Å². The molecule has 5 nitrogen and oxygen atoms in total. The SMILES string of the molecule is CCCCOc1ccccc1C(=O)NCC(c1cccs1)N1CCOCC1. The van der Waals surface area contributed by atoms with Crippen molar-refractivity contribution in [2.75, 3.05) is 39.5 Å². The van der Waals surface area contributed by atoms with Crippen LogP contribution < -0.4 is 10.1 Å². The molecule has 6 heteroatoms. The number of thiophene rings is 1. The fourth-order valence-electron chi connectivity index (χ4n) is 3.17. The Hall–Kier alpha value is -1.89. The van der Waals surface area contributed by atoms with Gasteiger partial charge in [0.2, 0.25) is 0 Å². The molecule has 1 amide bonds. The van der Waals surface area contributed by atoms with Crippen LogP contribution in [-0.2, 0) is 4.74 Å². The molecule has 0 bridgehead atoms. The van der Waals surface area contributed by atoms with Crippen LogP contribution in [0.4, 0.5) is 0 Å². The average Bonchev–Trinajstić information content (AvgIpc) is 3.24. The summed E-state index contributed by atoms with van der Waals surface area (Å²) < 4.78 is 11.3. The minimum atomic E-state index is -0.0862. The maximum absolute atomic E-state index is 12.8. The van der Waals surface area contributed by atoms with Gasteiger partial charge in [-0.25, -0.2) is 0 Å². The molecule has 146 valence electrons. The Labute approximate surface area is 165 Å². The van der Waals surface area contributed by atoms with Crippen LogP contribution in [0.3, 0.4) is 0 Å². The molecule has 1 aliphatic rings. The van der Waals surface area contributed by atoms with Crippen molar-refractivity contribution in [2.24, 2.45) is 0 Å². The van der Waals surface area contributed by atoms with E-state index in [9.17, 15) is 4.79 Å². The molecule has 1 aromatic carbocycles. The van der Waals surface area contributed by atoms with Gasteiger partial charge in [-0.1, -0.05) is 31.5 Å². The van der Waals surface area contributed by atoms with Crippen molar-refractivity contribution in [1.82, 2.24) is 10.2 Å². The summed E-state index contributed by atoms with van der Waals surface area (Å²) in [6.45, 7) is 6.57. The van der Waals surface area contributed by atoms with Crippen molar-refractivity contribution in [2.45, 2.75) is 25.8 Å². The lowest BCUT2D eigenvalue weighted by molar-refractivity contribution is 0.0169. The molecular weight excluding hydrogens is 360 g/mol. The number of hydrogen-bond donors (Lipinski definition) is 1. The Kier molecular flexibility index (Phi) is 7.68. The van der Waals surface area contributed by atoms with E-state index in [2.05, 4.69) is 34.7 Å². The van der Waals surface area contributed by atoms with E-state index in [1.165, 1.54) is 4.88 Å². The van der Waals surface area contributed by atoms with E-state index >= 15 is 0 Å². The molecule has 0 saturated carbocycles. The molecule has 0 aliphatic carbocycles. The summed E-state index contributed by atoms with van der Waals surface area (Å²) in [4.78, 5) is 16.5. The molecule has 1 saturated heterocycles. The zero-order chi connectivity index (χ0) is 18.9. The number of ether oxygens (including phenoxy) is 2. The van der Waals surface area contributed by atoms with Gasteiger partial charge in [-0.15, -0.1) is 11.3 Å². The van der Waals surface area contributed by atoms with Gasteiger partial charge in [0.25, 0.3) is 5.91 Å². The average molecular weight is 389 g/mol. The van der Waals surface area contributed by atoms with Crippen molar-refractivity contribution in [1.29, 1.82) is 0 Å². The third kappa shape index (κ3) is 5.54. The summed E-state index contributed by atoms with van der Waals surface area (Å²) in [5, 5.41) is 5.21. The molecule has 0 spiro atoms. The molecule has 1 fully saturated rings. The number of amides is 1. The minimum absolute atomic E-state index is 0.0862. The molecule has 1 aromatic heterocycles. The first kappa shape index (κ1) is 19.9. The first-order valence-electron chi connectivity index (χ1n) is 9.65. The van der Waals surface area contributed by atoms with Crippen LogP contribution in [0.25, 0.3) is 0 Å². The Balaban J connectivity index is 1.65. The second kappa shape index (κ2) is 10.4. The summed E-state index contributed by atoms with van der Waals surface area (Å²) in [5.74, 6) is 0.569. The number of nitrogens with zero attached hydrogens (tertiary/aromatic N) is 1. The van der Waals surface area contributed by atoms with Crippen LogP contribution >= 0.6 is 11.3 Å². The van der Waals surface area contributed by atoms with Crippen LogP contribution in [0.15, 0.2) is 41.8 Å². The van der Waals surface area contributed by atoms with E-state index in [0.717, 1.165) is 39.1 Å². The molecule has 3 rings (SSSR count). The zero-order valence-electron chi connectivity index (χ0n) is 15.9. The van der Waals surface area contributed by atoms with E-state index < -0.39 is 0 Å². The highest BCUT2D eigenvalue weighted by Gasteiger charge is 2.24. The normalized spacial score (nSPS) is 16.0. The number of rotatable bonds is 9. The number of carbonyl (C=O) groups is 1. The quantitative estimate of drug-likeness (QED) is 0.665. The molecule has 0 radical (unpaired) electrons. The Morgan fingerprint density at radius 1 is 1.26 bits per heavy atom. The van der Waals surface area contributed by atoms with Crippen LogP contribution in [0.1, 0.15) is 41.0 Å². The van der Waals surface area contributed by atoms with E-state index in [0.29, 0.717) is 24.5 Å². The van der Waals surface area contributed by atoms with Gasteiger partial charge in [0.1, 0.15) is 5.75 Å². The van der Waals surface area contributed by atoms with Gasteiger partial charge in [-0.2, -0.15) is 0 Å². The first-order valence-corrected chi connectivity index (χ1v) is 10.5. The highest BCUT2D eigenvalue weighted by atomic mass is 32.1. The highest BCUT2D eigenvalue weighted by molar-refractivity contribution is 7.10. The second-order valence-electron chi connectivity index (χ2n) is 6.59. The van der Waals surface area contributed by atoms with Crippen LogP contribution in [0.5, 0.6) is 5.75 Å². The molecule has 2 aromatic rings. The summed E-state index contributed by atoms with van der Waals surface area (Å²) in [7, 11) is 0. The van der Waals surface area contributed by atoms with Gasteiger partial charge in [0.05, 0.1) is 31.4 Å². The van der Waals surface area contributed by atoms with Crippen molar-refractivity contribution in [3.63, 3.8) is 0 Å². The molecule has 1 N–H and O–H groups in total. The van der Waals surface area contributed by atoms with Gasteiger partial charge in [-0.3, -0.25) is 9.69 Å². The smallest absolute Gasteiger partial charge is 0.255 e. The van der Waals surface area contributed by atoms with Gasteiger partial charge >= 0.3 is 0 Å². The predicted octanol–water partition coefficient (Wildman–Crippen LogP) is 3.73. The van der Waals surface area contributed by atoms with Crippen LogP contribution in [-0.4, -0.2) is 50.3 Å². The molecule has 2 heterocycles. The van der Waals surface area contributed by atoms with Gasteiger partial charge in [0.15, 0.2) is 0 Å². The minimum Gasteiger partial charge on any atom is -0.493 e. The molecule has 27 heavy (non-hydrogen) atoms. The Bertz CT molecular complexity index is 699. The molecule has 1 atom stereocenters. The van der Waals surface area contributed by atoms with Gasteiger partial charge < -0.3 is 14.8 Å². The highest BCUT2D eigenvalue weighted by Crippen LogP contribution is 2.26. The number of unbranched alkanes of at least 4 members (excludes halogenated alkanes) is 1. The Morgan fingerprint density at radius 3 is 2.81 bits per heavy atom. The molecule has 1 aliphatic heterocycles. The number of carbonyl (C=O) groups excluding carboxylic acids is 1. The van der Waals surface area contributed by atoms with Crippen molar-refractivity contribution >= 4 is 17.2 Å². The topological polar surface area (TPSA) is 50.8 Å². The number of morpholine rings is 1. The standard InChI is InChI=1S/C21H28N2O3S/c1-2-3-12-26-19-8-5-4-7-17(19)21(24)22-16-18(20-9-6-15-27-20)23-10-13-25-14-11-23/h4-9,15,18H,2-3,10-14,16H2,1H3,(H,22,24). The van der Waals surface area contributed by atoms with Gasteiger partial charge in [0, 0.05) is 24.5 Å². The Morgan fingerprint density at radius 2 is 2.07 bits per heavy atom. The second-order valence-corrected chi connectivity index (χ2v) is 7.57. The lowest BCUT2D eigenvalue weighted by atomic mass is 10.1. The number of para-hydroxylation sites is 1. The van der Waals surface area contributed by atoms with Crippen LogP contribution in [0, 0.1) is 0 Å². The number of hydrogen-bond acceptors (Lipinski definition) is 5. The van der Waals surface area contributed by atoms with Gasteiger partial charge in [-0.05, 0) is 30.0 Å². The molecule has 1 unspecified atom stereocenters. The lowest BCUT2D eigenvalue weighted by Crippen LogP contribution is -2.43. The summed E-state index contributed by atoms with van der Waals surface area (Å²) in [5.41, 5.74) is 0.598. The monoisotopic (exact) mass is 388 g/mol. The fraction of sp³-hybridized carbons (Fsp3) is 0.476. The van der Waals surface area contributed by atoms with Crippen molar-refractivity contribution in [3.8, 4) is 5.75 Å². The number of nitrogens with one attached hydrogen (secondary N) is 1. The maximum atomic E-state index is 12.8. The zero-order valence-corrected chi connectivity index (χ0v) is 16.7. The predicted molar refractivity (Wildman–Crippen MR) is 109 cm³/mol. The largest absolute Gasteiger partial charge is 0.493 e.